The molecule has 0 aliphatic carbocycles. The Morgan fingerprint density at radius 3 is 2.09 bits per heavy atom. The quantitative estimate of drug-likeness (QED) is 0.394. The van der Waals surface area contributed by atoms with E-state index in [4.69, 9.17) is 23.2 Å². The molecule has 1 amide bonds. The zero-order valence-corrected chi connectivity index (χ0v) is 21.1. The highest BCUT2D eigenvalue weighted by molar-refractivity contribution is 6.32. The van der Waals surface area contributed by atoms with Gasteiger partial charge in [-0.15, -0.1) is 0 Å². The van der Waals surface area contributed by atoms with Crippen molar-refractivity contribution in [1.29, 1.82) is 0 Å². The zero-order valence-electron chi connectivity index (χ0n) is 19.6. The molecule has 0 unspecified atom stereocenters. The summed E-state index contributed by atoms with van der Waals surface area (Å²) in [6.07, 6.45) is 3.53. The number of carbonyl (C=O) groups excluding carboxylic acids is 1. The number of amides is 1. The van der Waals surface area contributed by atoms with Crippen molar-refractivity contribution in [3.63, 3.8) is 0 Å². The number of rotatable bonds is 6. The molecular weight excluding hydrogens is 484 g/mol. The van der Waals surface area contributed by atoms with E-state index in [0.29, 0.717) is 22.3 Å². The molecule has 7 heteroatoms. The summed E-state index contributed by atoms with van der Waals surface area (Å²) < 4.78 is 14.2. The largest absolute Gasteiger partial charge is 0.355 e. The summed E-state index contributed by atoms with van der Waals surface area (Å²) in [4.78, 5) is 18.7. The number of hydrogen-bond donors (Lipinski definition) is 1. The van der Waals surface area contributed by atoms with Gasteiger partial charge in [-0.25, -0.2) is 4.98 Å². The van der Waals surface area contributed by atoms with Crippen LogP contribution in [0.25, 0.3) is 0 Å². The van der Waals surface area contributed by atoms with Crippen molar-refractivity contribution in [2.75, 3.05) is 6.54 Å². The van der Waals surface area contributed by atoms with Crippen LogP contribution in [0.15, 0.2) is 66.7 Å². The zero-order chi connectivity index (χ0) is 24.6. The Balaban J connectivity index is 1.57. The third-order valence-corrected chi connectivity index (χ3v) is 8.25. The Labute approximate surface area is 215 Å². The average molecular weight is 512 g/mol. The van der Waals surface area contributed by atoms with E-state index in [0.717, 1.165) is 36.8 Å². The van der Waals surface area contributed by atoms with E-state index in [2.05, 4.69) is 27.3 Å². The van der Waals surface area contributed by atoms with Crippen LogP contribution in [-0.2, 0) is 10.2 Å². The summed E-state index contributed by atoms with van der Waals surface area (Å²) in [6.45, 7) is 1.95. The molecule has 2 saturated heterocycles. The first-order valence-corrected chi connectivity index (χ1v) is 12.8. The minimum absolute atomic E-state index is 0.0967. The van der Waals surface area contributed by atoms with Crippen molar-refractivity contribution in [3.05, 3.63) is 99.5 Å². The predicted octanol–water partition coefficient (Wildman–Crippen LogP) is 6.32. The van der Waals surface area contributed by atoms with Crippen LogP contribution < -0.4 is 5.32 Å². The van der Waals surface area contributed by atoms with Gasteiger partial charge in [-0.3, -0.25) is 9.69 Å². The van der Waals surface area contributed by atoms with Gasteiger partial charge in [-0.05, 0) is 61.1 Å². The lowest BCUT2D eigenvalue weighted by Gasteiger charge is -2.49. The van der Waals surface area contributed by atoms with Crippen LogP contribution in [0.4, 0.5) is 4.39 Å². The van der Waals surface area contributed by atoms with Crippen LogP contribution in [-0.4, -0.2) is 34.4 Å². The van der Waals surface area contributed by atoms with Gasteiger partial charge in [0.05, 0.1) is 11.7 Å². The molecule has 2 atom stereocenters. The summed E-state index contributed by atoms with van der Waals surface area (Å²) in [6, 6.07) is 21.1. The first-order chi connectivity index (χ1) is 16.9. The van der Waals surface area contributed by atoms with Crippen molar-refractivity contribution in [2.24, 2.45) is 0 Å². The number of piperidine rings is 1. The van der Waals surface area contributed by atoms with E-state index in [-0.39, 0.29) is 24.0 Å². The summed E-state index contributed by atoms with van der Waals surface area (Å²) in [7, 11) is 0. The summed E-state index contributed by atoms with van der Waals surface area (Å²) in [5.74, 6) is -0.593. The molecule has 35 heavy (non-hydrogen) atoms. The summed E-state index contributed by atoms with van der Waals surface area (Å²) >= 11 is 13.5. The Kier molecular flexibility index (Phi) is 6.84. The first-order valence-electron chi connectivity index (χ1n) is 12.0. The van der Waals surface area contributed by atoms with E-state index in [1.54, 1.807) is 6.07 Å². The fourth-order valence-electron chi connectivity index (χ4n) is 6.13. The van der Waals surface area contributed by atoms with Gasteiger partial charge in [0.1, 0.15) is 0 Å². The molecule has 1 aromatic heterocycles. The van der Waals surface area contributed by atoms with E-state index in [9.17, 15) is 9.18 Å². The van der Waals surface area contributed by atoms with Crippen molar-refractivity contribution >= 4 is 29.1 Å². The molecule has 4 nitrogen and oxygen atoms in total. The molecule has 1 N–H and O–H groups in total. The van der Waals surface area contributed by atoms with Crippen LogP contribution in [0, 0.1) is 5.95 Å². The van der Waals surface area contributed by atoms with Crippen LogP contribution >= 0.6 is 23.2 Å². The first kappa shape index (κ1) is 24.2. The van der Waals surface area contributed by atoms with Crippen LogP contribution in [0.2, 0.25) is 10.0 Å². The molecule has 2 aliphatic rings. The van der Waals surface area contributed by atoms with Crippen molar-refractivity contribution in [1.82, 2.24) is 15.2 Å². The Morgan fingerprint density at radius 1 is 1.00 bits per heavy atom. The predicted molar refractivity (Wildman–Crippen MR) is 137 cm³/mol. The lowest BCUT2D eigenvalue weighted by molar-refractivity contribution is -0.119. The minimum Gasteiger partial charge on any atom is -0.355 e. The number of carbonyl (C=O) groups is 1. The molecule has 2 aliphatic heterocycles. The molecule has 0 radical (unpaired) electrons. The Morgan fingerprint density at radius 2 is 1.57 bits per heavy atom. The number of fused-ring (bicyclic) bond motifs is 2. The second-order valence-corrected chi connectivity index (χ2v) is 10.5. The second kappa shape index (κ2) is 9.88. The molecule has 3 aromatic rings. The SMILES string of the molecule is CC(=O)NCC1(c2cccc(F)n2)C[C@@H]2CC[C@@H](C1)N2C(c1ccccc1Cl)c1ccccc1Cl. The van der Waals surface area contributed by atoms with Crippen LogP contribution in [0.3, 0.4) is 0 Å². The van der Waals surface area contributed by atoms with Crippen molar-refractivity contribution < 1.29 is 9.18 Å². The van der Waals surface area contributed by atoms with Crippen molar-refractivity contribution in [2.45, 2.75) is 56.1 Å². The normalized spacial score (nSPS) is 24.0. The molecule has 2 aromatic carbocycles. The third kappa shape index (κ3) is 4.69. The molecule has 5 rings (SSSR count). The molecule has 0 saturated carbocycles. The standard InChI is InChI=1S/C28H28Cl2FN3O/c1-18(35)32-17-28(25-11-6-12-26(31)33-25)15-19-13-14-20(16-28)34(19)27(21-7-2-4-9-23(21)29)22-8-3-5-10-24(22)30/h2-12,19-20,27H,13-17H2,1H3,(H,32,35)/t19-,20-/m0/s1. The monoisotopic (exact) mass is 511 g/mol. The number of benzene rings is 2. The average Bonchev–Trinajstić information content (AvgIpc) is 3.10. The number of pyridine rings is 1. The maximum atomic E-state index is 14.2. The lowest BCUT2D eigenvalue weighted by atomic mass is 9.71. The van der Waals surface area contributed by atoms with Gasteiger partial charge in [-0.2, -0.15) is 4.39 Å². The van der Waals surface area contributed by atoms with Crippen LogP contribution in [0.5, 0.6) is 0 Å². The molecular formula is C28H28Cl2FN3O. The van der Waals surface area contributed by atoms with Crippen molar-refractivity contribution in [3.8, 4) is 0 Å². The van der Waals surface area contributed by atoms with Gasteiger partial charge in [0.2, 0.25) is 11.9 Å². The van der Waals surface area contributed by atoms with Gasteiger partial charge in [-0.1, -0.05) is 65.7 Å². The molecule has 0 spiro atoms. The number of nitrogens with zero attached hydrogens (tertiary/aromatic N) is 2. The van der Waals surface area contributed by atoms with Gasteiger partial charge in [0, 0.05) is 41.0 Å². The van der Waals surface area contributed by atoms with E-state index in [1.165, 1.54) is 13.0 Å². The molecule has 182 valence electrons. The Bertz CT molecular complexity index is 1180. The van der Waals surface area contributed by atoms with E-state index in [1.807, 2.05) is 42.5 Å². The second-order valence-electron chi connectivity index (χ2n) is 9.72. The van der Waals surface area contributed by atoms with Gasteiger partial charge in [0.25, 0.3) is 0 Å². The highest BCUT2D eigenvalue weighted by Gasteiger charge is 2.52. The smallest absolute Gasteiger partial charge is 0.216 e. The summed E-state index contributed by atoms with van der Waals surface area (Å²) in [5.41, 5.74) is 2.31. The third-order valence-electron chi connectivity index (χ3n) is 7.56. The number of aromatic nitrogens is 1. The fourth-order valence-corrected chi connectivity index (χ4v) is 6.60. The fraction of sp³-hybridized carbons (Fsp3) is 0.357. The maximum Gasteiger partial charge on any atom is 0.216 e. The highest BCUT2D eigenvalue weighted by Crippen LogP contribution is 2.52. The minimum atomic E-state index is -0.496. The number of halogens is 3. The van der Waals surface area contributed by atoms with Gasteiger partial charge in [0.15, 0.2) is 0 Å². The van der Waals surface area contributed by atoms with Gasteiger partial charge < -0.3 is 5.32 Å². The molecule has 2 bridgehead atoms. The maximum absolute atomic E-state index is 14.2. The Hall–Kier alpha value is -2.47. The molecule has 2 fully saturated rings. The highest BCUT2D eigenvalue weighted by atomic mass is 35.5. The topological polar surface area (TPSA) is 45.2 Å². The number of hydrogen-bond acceptors (Lipinski definition) is 3. The summed E-state index contributed by atoms with van der Waals surface area (Å²) in [5, 5.41) is 4.42. The number of nitrogens with one attached hydrogen (secondary N) is 1. The van der Waals surface area contributed by atoms with Gasteiger partial charge >= 0.3 is 0 Å². The van der Waals surface area contributed by atoms with E-state index < -0.39 is 11.4 Å². The van der Waals surface area contributed by atoms with E-state index >= 15 is 0 Å². The molecule has 3 heterocycles. The van der Waals surface area contributed by atoms with Crippen LogP contribution in [0.1, 0.15) is 55.5 Å². The lowest BCUT2D eigenvalue weighted by Crippen LogP contribution is -2.55.